The van der Waals surface area contributed by atoms with Gasteiger partial charge in [0.25, 0.3) is 0 Å². The first-order valence-electron chi connectivity index (χ1n) is 8.55. The van der Waals surface area contributed by atoms with Gasteiger partial charge in [-0.15, -0.1) is 0 Å². The van der Waals surface area contributed by atoms with Crippen molar-refractivity contribution in [2.24, 2.45) is 0 Å². The monoisotopic (exact) mass is 334 g/mol. The Morgan fingerprint density at radius 3 is 2.91 bits per heavy atom. The number of nitrogens with one attached hydrogen (secondary N) is 1. The van der Waals surface area contributed by atoms with Crippen molar-refractivity contribution < 1.29 is 9.53 Å². The quantitative estimate of drug-likeness (QED) is 0.863. The molecule has 0 radical (unpaired) electrons. The van der Waals surface area contributed by atoms with Crippen molar-refractivity contribution in [3.8, 4) is 0 Å². The maximum Gasteiger partial charge on any atom is 0.224 e. The Hall–Kier alpha value is -1.04. The molecule has 4 nitrogen and oxygen atoms in total. The molecule has 5 heteroatoms. The number of carbonyl (C=O) groups excluding carboxylic acids is 1. The second kappa shape index (κ2) is 8.71. The van der Waals surface area contributed by atoms with Crippen molar-refractivity contribution in [3.05, 3.63) is 35.9 Å². The van der Waals surface area contributed by atoms with Crippen LogP contribution in [0.15, 0.2) is 30.3 Å². The Bertz CT molecular complexity index is 485. The van der Waals surface area contributed by atoms with E-state index < -0.39 is 0 Å². The number of rotatable bonds is 6. The molecule has 2 aliphatic heterocycles. The molecule has 2 saturated heterocycles. The minimum absolute atomic E-state index is 0.252. The summed E-state index contributed by atoms with van der Waals surface area (Å²) in [5.41, 5.74) is 1.29. The van der Waals surface area contributed by atoms with Gasteiger partial charge >= 0.3 is 0 Å². The van der Waals surface area contributed by atoms with Crippen molar-refractivity contribution >= 4 is 17.7 Å². The summed E-state index contributed by atoms with van der Waals surface area (Å²) in [5, 5.41) is 3.47. The molecule has 0 spiro atoms. The van der Waals surface area contributed by atoms with Crippen molar-refractivity contribution in [2.45, 2.75) is 31.3 Å². The summed E-state index contributed by atoms with van der Waals surface area (Å²) >= 11 is 1.94. The van der Waals surface area contributed by atoms with Crippen molar-refractivity contribution in [1.29, 1.82) is 0 Å². The summed E-state index contributed by atoms with van der Waals surface area (Å²) in [5.74, 6) is 2.47. The lowest BCUT2D eigenvalue weighted by Crippen LogP contribution is -2.46. The number of benzene rings is 1. The van der Waals surface area contributed by atoms with Gasteiger partial charge in [0.05, 0.1) is 12.6 Å². The van der Waals surface area contributed by atoms with Crippen LogP contribution in [-0.2, 0) is 16.0 Å². The topological polar surface area (TPSA) is 41.6 Å². The zero-order valence-corrected chi connectivity index (χ0v) is 14.4. The Labute approximate surface area is 143 Å². The lowest BCUT2D eigenvalue weighted by molar-refractivity contribution is -0.134. The number of carbonyl (C=O) groups is 1. The summed E-state index contributed by atoms with van der Waals surface area (Å²) in [7, 11) is 0. The number of thioether (sulfide) groups is 1. The normalized spacial score (nSPS) is 24.5. The van der Waals surface area contributed by atoms with Gasteiger partial charge < -0.3 is 15.0 Å². The summed E-state index contributed by atoms with van der Waals surface area (Å²) in [6, 6.07) is 11.0. The molecule has 1 aromatic carbocycles. The fraction of sp³-hybridized carbons (Fsp3) is 0.611. The van der Waals surface area contributed by atoms with E-state index in [0.717, 1.165) is 44.0 Å². The van der Waals surface area contributed by atoms with Crippen LogP contribution in [-0.4, -0.2) is 60.7 Å². The molecular formula is C18H26N2O2S. The standard InChI is InChI=1S/C18H26N2O2S/c21-18(12-16-14-23-11-8-19-16)20(17-7-10-22-13-17)9-6-15-4-2-1-3-5-15/h1-5,16-17,19H,6-14H2. The minimum Gasteiger partial charge on any atom is -0.379 e. The third kappa shape index (κ3) is 4.96. The van der Waals surface area contributed by atoms with Crippen molar-refractivity contribution in [3.63, 3.8) is 0 Å². The van der Waals surface area contributed by atoms with Crippen LogP contribution in [0.3, 0.4) is 0 Å². The summed E-state index contributed by atoms with van der Waals surface area (Å²) in [6.07, 6.45) is 2.49. The van der Waals surface area contributed by atoms with Gasteiger partial charge in [-0.2, -0.15) is 11.8 Å². The second-order valence-electron chi connectivity index (χ2n) is 6.27. The first-order valence-corrected chi connectivity index (χ1v) is 9.70. The molecule has 0 aromatic heterocycles. The van der Waals surface area contributed by atoms with Crippen molar-refractivity contribution in [2.75, 3.05) is 37.8 Å². The Kier molecular flexibility index (Phi) is 6.37. The second-order valence-corrected chi connectivity index (χ2v) is 7.42. The lowest BCUT2D eigenvalue weighted by atomic mass is 10.1. The predicted octanol–water partition coefficient (Wildman–Crippen LogP) is 1.94. The van der Waals surface area contributed by atoms with Gasteiger partial charge in [-0.05, 0) is 18.4 Å². The van der Waals surface area contributed by atoms with Crippen LogP contribution in [0.5, 0.6) is 0 Å². The smallest absolute Gasteiger partial charge is 0.224 e. The average molecular weight is 334 g/mol. The number of nitrogens with zero attached hydrogens (tertiary/aromatic N) is 1. The molecule has 1 N–H and O–H groups in total. The van der Waals surface area contributed by atoms with E-state index in [2.05, 4.69) is 34.5 Å². The molecule has 1 amide bonds. The first kappa shape index (κ1) is 16.8. The molecule has 2 heterocycles. The van der Waals surface area contributed by atoms with Gasteiger partial charge in [-0.1, -0.05) is 30.3 Å². The highest BCUT2D eigenvalue weighted by Crippen LogP contribution is 2.17. The molecule has 23 heavy (non-hydrogen) atoms. The van der Waals surface area contributed by atoms with E-state index in [1.165, 1.54) is 5.56 Å². The van der Waals surface area contributed by atoms with E-state index in [4.69, 9.17) is 4.74 Å². The zero-order valence-electron chi connectivity index (χ0n) is 13.6. The fourth-order valence-electron chi connectivity index (χ4n) is 3.25. The van der Waals surface area contributed by atoms with Gasteiger partial charge in [0.1, 0.15) is 0 Å². The van der Waals surface area contributed by atoms with E-state index in [-0.39, 0.29) is 11.9 Å². The van der Waals surface area contributed by atoms with Crippen LogP contribution in [0.25, 0.3) is 0 Å². The number of hydrogen-bond donors (Lipinski definition) is 1. The van der Waals surface area contributed by atoms with Crippen molar-refractivity contribution in [1.82, 2.24) is 10.2 Å². The van der Waals surface area contributed by atoms with Crippen LogP contribution in [0.2, 0.25) is 0 Å². The van der Waals surface area contributed by atoms with Crippen LogP contribution in [0.4, 0.5) is 0 Å². The first-order chi connectivity index (χ1) is 11.3. The van der Waals surface area contributed by atoms with Gasteiger partial charge in [-0.25, -0.2) is 0 Å². The molecule has 2 aliphatic rings. The maximum atomic E-state index is 12.8. The highest BCUT2D eigenvalue weighted by atomic mass is 32.2. The van der Waals surface area contributed by atoms with Gasteiger partial charge in [0, 0.05) is 43.7 Å². The van der Waals surface area contributed by atoms with Crippen LogP contribution >= 0.6 is 11.8 Å². The van der Waals surface area contributed by atoms with E-state index in [1.54, 1.807) is 0 Å². The molecule has 126 valence electrons. The summed E-state index contributed by atoms with van der Waals surface area (Å²) < 4.78 is 5.52. The molecule has 3 rings (SSSR count). The fourth-order valence-corrected chi connectivity index (χ4v) is 4.20. The average Bonchev–Trinajstić information content (AvgIpc) is 3.11. The predicted molar refractivity (Wildman–Crippen MR) is 94.8 cm³/mol. The number of amides is 1. The molecule has 0 bridgehead atoms. The third-order valence-corrected chi connectivity index (χ3v) is 5.70. The van der Waals surface area contributed by atoms with Crippen LogP contribution < -0.4 is 5.32 Å². The zero-order chi connectivity index (χ0) is 15.9. The number of hydrogen-bond acceptors (Lipinski definition) is 4. The third-order valence-electron chi connectivity index (χ3n) is 4.57. The van der Waals surface area contributed by atoms with E-state index in [9.17, 15) is 4.79 Å². The van der Waals surface area contributed by atoms with Crippen LogP contribution in [0.1, 0.15) is 18.4 Å². The van der Waals surface area contributed by atoms with Crippen LogP contribution in [0, 0.1) is 0 Å². The molecule has 1 aromatic rings. The summed E-state index contributed by atoms with van der Waals surface area (Å²) in [4.78, 5) is 14.9. The minimum atomic E-state index is 0.252. The molecule has 0 aliphatic carbocycles. The van der Waals surface area contributed by atoms with Gasteiger partial charge in [0.15, 0.2) is 0 Å². The van der Waals surface area contributed by atoms with E-state index in [0.29, 0.717) is 19.1 Å². The molecular weight excluding hydrogens is 308 g/mol. The van der Waals surface area contributed by atoms with E-state index >= 15 is 0 Å². The molecule has 2 atom stereocenters. The summed E-state index contributed by atoms with van der Waals surface area (Å²) in [6.45, 7) is 3.26. The van der Waals surface area contributed by atoms with E-state index in [1.807, 2.05) is 17.8 Å². The van der Waals surface area contributed by atoms with Gasteiger partial charge in [-0.3, -0.25) is 4.79 Å². The molecule has 2 fully saturated rings. The Balaban J connectivity index is 1.58. The highest BCUT2D eigenvalue weighted by molar-refractivity contribution is 7.99. The molecule has 0 saturated carbocycles. The lowest BCUT2D eigenvalue weighted by Gasteiger charge is -2.31. The Morgan fingerprint density at radius 2 is 2.22 bits per heavy atom. The number of ether oxygens (including phenoxy) is 1. The SMILES string of the molecule is O=C(CC1CSCCN1)N(CCc1ccccc1)C1CCOC1. The highest BCUT2D eigenvalue weighted by Gasteiger charge is 2.29. The Morgan fingerprint density at radius 1 is 1.35 bits per heavy atom. The molecule has 2 unspecified atom stereocenters. The maximum absolute atomic E-state index is 12.8. The largest absolute Gasteiger partial charge is 0.379 e. The van der Waals surface area contributed by atoms with Gasteiger partial charge in [0.2, 0.25) is 5.91 Å².